The van der Waals surface area contributed by atoms with E-state index >= 15 is 0 Å². The fourth-order valence-electron chi connectivity index (χ4n) is 2.02. The number of nitrogens with zero attached hydrogens (tertiary/aromatic N) is 3. The summed E-state index contributed by atoms with van der Waals surface area (Å²) in [7, 11) is 0. The van der Waals surface area contributed by atoms with Crippen LogP contribution in [0.4, 0.5) is 21.6 Å². The highest BCUT2D eigenvalue weighted by Crippen LogP contribution is 2.33. The number of hydrogen-bond donors (Lipinski definition) is 1. The van der Waals surface area contributed by atoms with Gasteiger partial charge in [0.15, 0.2) is 0 Å². The van der Waals surface area contributed by atoms with Gasteiger partial charge in [-0.2, -0.15) is 0 Å². The quantitative estimate of drug-likeness (QED) is 0.505. The SMILES string of the molecule is O=[N+]([O-])c1cc2c(Nc3ccc(Br)cc3F)ncnc2cc1Cl. The highest BCUT2D eigenvalue weighted by Gasteiger charge is 2.17. The van der Waals surface area contributed by atoms with E-state index in [0.717, 1.165) is 0 Å². The van der Waals surface area contributed by atoms with Gasteiger partial charge in [0.1, 0.15) is 23.0 Å². The summed E-state index contributed by atoms with van der Waals surface area (Å²) in [6.07, 6.45) is 1.27. The van der Waals surface area contributed by atoms with Crippen LogP contribution >= 0.6 is 27.5 Å². The molecule has 3 rings (SSSR count). The standard InChI is InChI=1S/C14H7BrClFN4O2/c15-7-1-2-11(10(17)3-7)20-14-8-4-13(21(22)23)9(16)5-12(8)18-6-19-14/h1-6H,(H,18,19,20). The molecule has 1 heterocycles. The van der Waals surface area contributed by atoms with Gasteiger partial charge in [0.2, 0.25) is 0 Å². The van der Waals surface area contributed by atoms with Crippen molar-refractivity contribution in [3.8, 4) is 0 Å². The summed E-state index contributed by atoms with van der Waals surface area (Å²) in [5, 5.41) is 14.2. The highest BCUT2D eigenvalue weighted by molar-refractivity contribution is 9.10. The predicted molar refractivity (Wildman–Crippen MR) is 88.6 cm³/mol. The Morgan fingerprint density at radius 2 is 2.04 bits per heavy atom. The third-order valence-corrected chi connectivity index (χ3v) is 3.88. The summed E-state index contributed by atoms with van der Waals surface area (Å²) in [4.78, 5) is 18.5. The topological polar surface area (TPSA) is 81.0 Å². The number of halogens is 3. The van der Waals surface area contributed by atoms with Crippen LogP contribution in [-0.4, -0.2) is 14.9 Å². The number of nitro benzene ring substituents is 1. The molecule has 0 spiro atoms. The lowest BCUT2D eigenvalue weighted by molar-refractivity contribution is -0.384. The van der Waals surface area contributed by atoms with Gasteiger partial charge < -0.3 is 5.32 Å². The fraction of sp³-hybridized carbons (Fsp3) is 0. The van der Waals surface area contributed by atoms with Crippen LogP contribution in [0.1, 0.15) is 0 Å². The van der Waals surface area contributed by atoms with Crippen molar-refractivity contribution in [2.45, 2.75) is 0 Å². The van der Waals surface area contributed by atoms with Crippen molar-refractivity contribution in [3.05, 3.63) is 62.1 Å². The second-order valence-electron chi connectivity index (χ2n) is 4.55. The second kappa shape index (κ2) is 6.05. The van der Waals surface area contributed by atoms with E-state index in [9.17, 15) is 14.5 Å². The number of aromatic nitrogens is 2. The maximum absolute atomic E-state index is 13.9. The molecular weight excluding hydrogens is 391 g/mol. The van der Waals surface area contributed by atoms with Crippen LogP contribution in [0.3, 0.4) is 0 Å². The first kappa shape index (κ1) is 15.6. The Labute approximate surface area is 142 Å². The van der Waals surface area contributed by atoms with Gasteiger partial charge in [0.25, 0.3) is 5.69 Å². The molecule has 0 saturated heterocycles. The molecule has 0 aliphatic carbocycles. The summed E-state index contributed by atoms with van der Waals surface area (Å²) in [5.74, 6) is -0.245. The molecule has 0 amide bonds. The minimum atomic E-state index is -0.598. The van der Waals surface area contributed by atoms with Crippen LogP contribution in [-0.2, 0) is 0 Å². The molecule has 1 N–H and O–H groups in total. The molecule has 0 unspecified atom stereocenters. The van der Waals surface area contributed by atoms with Crippen molar-refractivity contribution in [2.75, 3.05) is 5.32 Å². The highest BCUT2D eigenvalue weighted by atomic mass is 79.9. The summed E-state index contributed by atoms with van der Waals surface area (Å²) in [6.45, 7) is 0. The maximum atomic E-state index is 13.9. The Morgan fingerprint density at radius 1 is 1.26 bits per heavy atom. The van der Waals surface area contributed by atoms with Crippen molar-refractivity contribution in [2.24, 2.45) is 0 Å². The Morgan fingerprint density at radius 3 is 2.74 bits per heavy atom. The van der Waals surface area contributed by atoms with Crippen LogP contribution < -0.4 is 5.32 Å². The lowest BCUT2D eigenvalue weighted by Gasteiger charge is -2.09. The number of anilines is 2. The van der Waals surface area contributed by atoms with E-state index in [1.807, 2.05) is 0 Å². The van der Waals surface area contributed by atoms with Gasteiger partial charge in [-0.15, -0.1) is 0 Å². The Kier molecular flexibility index (Phi) is 4.10. The molecule has 0 fully saturated rings. The van der Waals surface area contributed by atoms with Gasteiger partial charge in [-0.25, -0.2) is 14.4 Å². The zero-order chi connectivity index (χ0) is 16.6. The molecule has 0 saturated carbocycles. The molecule has 3 aromatic rings. The number of rotatable bonds is 3. The first-order valence-corrected chi connectivity index (χ1v) is 7.43. The fourth-order valence-corrected chi connectivity index (χ4v) is 2.58. The van der Waals surface area contributed by atoms with Crippen LogP contribution in [0.5, 0.6) is 0 Å². The molecule has 1 aromatic heterocycles. The molecule has 6 nitrogen and oxygen atoms in total. The second-order valence-corrected chi connectivity index (χ2v) is 5.87. The van der Waals surface area contributed by atoms with Gasteiger partial charge in [-0.1, -0.05) is 27.5 Å². The summed E-state index contributed by atoms with van der Waals surface area (Å²) in [5.41, 5.74) is 0.328. The maximum Gasteiger partial charge on any atom is 0.288 e. The van der Waals surface area contributed by atoms with Crippen LogP contribution in [0.15, 0.2) is 41.1 Å². The lowest BCUT2D eigenvalue weighted by Crippen LogP contribution is -1.99. The van der Waals surface area contributed by atoms with Gasteiger partial charge in [0.05, 0.1) is 16.1 Å². The largest absolute Gasteiger partial charge is 0.337 e. The van der Waals surface area contributed by atoms with Crippen LogP contribution in [0.2, 0.25) is 5.02 Å². The van der Waals surface area contributed by atoms with Gasteiger partial charge in [-0.3, -0.25) is 10.1 Å². The van der Waals surface area contributed by atoms with Crippen molar-refractivity contribution in [1.82, 2.24) is 9.97 Å². The molecule has 2 aromatic carbocycles. The number of nitrogens with one attached hydrogen (secondary N) is 1. The predicted octanol–water partition coefficient (Wildman–Crippen LogP) is 4.84. The first-order chi connectivity index (χ1) is 11.0. The monoisotopic (exact) mass is 396 g/mol. The number of hydrogen-bond acceptors (Lipinski definition) is 5. The molecule has 116 valence electrons. The molecule has 0 bridgehead atoms. The smallest absolute Gasteiger partial charge is 0.288 e. The zero-order valence-corrected chi connectivity index (χ0v) is 13.6. The van der Waals surface area contributed by atoms with Crippen molar-refractivity contribution in [1.29, 1.82) is 0 Å². The van der Waals surface area contributed by atoms with Crippen LogP contribution in [0, 0.1) is 15.9 Å². The van der Waals surface area contributed by atoms with E-state index < -0.39 is 10.7 Å². The molecule has 0 aliphatic heterocycles. The molecule has 0 radical (unpaired) electrons. The van der Waals surface area contributed by atoms with E-state index in [1.165, 1.54) is 30.6 Å². The van der Waals surface area contributed by atoms with Gasteiger partial charge in [0, 0.05) is 15.9 Å². The molecular formula is C14H7BrClFN4O2. The third-order valence-electron chi connectivity index (χ3n) is 3.08. The van der Waals surface area contributed by atoms with E-state index in [-0.39, 0.29) is 22.2 Å². The van der Waals surface area contributed by atoms with E-state index in [1.54, 1.807) is 6.07 Å². The normalized spacial score (nSPS) is 10.7. The number of benzene rings is 2. The van der Waals surface area contributed by atoms with Gasteiger partial charge in [-0.05, 0) is 24.3 Å². The number of fused-ring (bicyclic) bond motifs is 1. The van der Waals surface area contributed by atoms with Crippen molar-refractivity contribution >= 4 is 55.6 Å². The van der Waals surface area contributed by atoms with Crippen molar-refractivity contribution in [3.63, 3.8) is 0 Å². The van der Waals surface area contributed by atoms with Crippen LogP contribution in [0.25, 0.3) is 10.9 Å². The molecule has 23 heavy (non-hydrogen) atoms. The minimum absolute atomic E-state index is 0.0260. The third kappa shape index (κ3) is 3.08. The minimum Gasteiger partial charge on any atom is -0.337 e. The van der Waals surface area contributed by atoms with Gasteiger partial charge >= 0.3 is 0 Å². The average Bonchev–Trinajstić information content (AvgIpc) is 2.49. The summed E-state index contributed by atoms with van der Waals surface area (Å²) < 4.78 is 14.5. The molecule has 0 aliphatic rings. The molecule has 9 heteroatoms. The van der Waals surface area contributed by atoms with E-state index in [4.69, 9.17) is 11.6 Å². The Balaban J connectivity index is 2.13. The zero-order valence-electron chi connectivity index (χ0n) is 11.3. The van der Waals surface area contributed by atoms with E-state index in [2.05, 4.69) is 31.2 Å². The first-order valence-electron chi connectivity index (χ1n) is 6.26. The molecule has 0 atom stereocenters. The number of nitro groups is 1. The average molecular weight is 398 g/mol. The Bertz CT molecular complexity index is 938. The summed E-state index contributed by atoms with van der Waals surface area (Å²) >= 11 is 9.04. The van der Waals surface area contributed by atoms with E-state index in [0.29, 0.717) is 15.4 Å². The lowest BCUT2D eigenvalue weighted by atomic mass is 10.2. The Hall–Kier alpha value is -2.32. The van der Waals surface area contributed by atoms with Crippen molar-refractivity contribution < 1.29 is 9.31 Å². The summed E-state index contributed by atoms with van der Waals surface area (Å²) in [6, 6.07) is 7.12.